The Morgan fingerprint density at radius 3 is 2.57 bits per heavy atom. The Bertz CT molecular complexity index is 367. The molecule has 2 rings (SSSR count). The third kappa shape index (κ3) is 4.09. The number of nitrogens with zero attached hydrogens (tertiary/aromatic N) is 1. The van der Waals surface area contributed by atoms with Crippen LogP contribution in [0.2, 0.25) is 0 Å². The summed E-state index contributed by atoms with van der Waals surface area (Å²) in [5.41, 5.74) is 5.74. The molecule has 0 radical (unpaired) electrons. The van der Waals surface area contributed by atoms with Crippen LogP contribution in [0, 0.1) is 11.8 Å². The molecule has 0 spiro atoms. The molecule has 0 aromatic heterocycles. The minimum absolute atomic E-state index is 0.0816. The van der Waals surface area contributed by atoms with Crippen LogP contribution in [0.3, 0.4) is 0 Å². The molecule has 21 heavy (non-hydrogen) atoms. The van der Waals surface area contributed by atoms with Gasteiger partial charge in [0.15, 0.2) is 0 Å². The summed E-state index contributed by atoms with van der Waals surface area (Å²) in [6, 6.07) is 0.169. The molecule has 1 heterocycles. The first kappa shape index (κ1) is 16.1. The zero-order valence-corrected chi connectivity index (χ0v) is 12.8. The molecule has 3 N–H and O–H groups in total. The number of nitrogens with two attached hydrogens (primary N) is 1. The van der Waals surface area contributed by atoms with Crippen molar-refractivity contribution in [2.24, 2.45) is 17.6 Å². The second-order valence-electron chi connectivity index (χ2n) is 6.00. The first-order valence-electron chi connectivity index (χ1n) is 8.07. The van der Waals surface area contributed by atoms with Crippen molar-refractivity contribution in [2.75, 3.05) is 26.2 Å². The summed E-state index contributed by atoms with van der Waals surface area (Å²) in [4.78, 5) is 25.7. The van der Waals surface area contributed by atoms with Gasteiger partial charge in [0.1, 0.15) is 0 Å². The first-order chi connectivity index (χ1) is 10.2. The average Bonchev–Trinajstić information content (AvgIpc) is 2.97. The fourth-order valence-corrected chi connectivity index (χ4v) is 3.39. The number of carbonyl (C=O) groups is 2. The maximum absolute atomic E-state index is 12.3. The Kier molecular flexibility index (Phi) is 5.85. The van der Waals surface area contributed by atoms with Crippen LogP contribution in [0.5, 0.6) is 0 Å². The lowest BCUT2D eigenvalue weighted by atomic mass is 9.94. The normalized spacial score (nSPS) is 26.7. The monoisotopic (exact) mass is 297 g/mol. The van der Waals surface area contributed by atoms with Crippen molar-refractivity contribution in [3.63, 3.8) is 0 Å². The predicted octanol–water partition coefficient (Wildman–Crippen LogP) is 1.10. The average molecular weight is 297 g/mol. The number of likely N-dealkylation sites (tertiary alicyclic amines) is 1. The van der Waals surface area contributed by atoms with Gasteiger partial charge in [-0.1, -0.05) is 6.42 Å². The molecule has 120 valence electrons. The van der Waals surface area contributed by atoms with Gasteiger partial charge in [0.25, 0.3) is 0 Å². The standard InChI is InChI=1S/C15H27N3O3/c1-2-21-15(20)18-8-6-12(7-9-18)17-14(19)13-5-3-4-11(13)10-16/h11-13H,2-10,16H2,1H3,(H,17,19). The van der Waals surface area contributed by atoms with Crippen LogP contribution in [-0.2, 0) is 9.53 Å². The van der Waals surface area contributed by atoms with Crippen LogP contribution in [0.25, 0.3) is 0 Å². The number of rotatable bonds is 4. The molecule has 1 saturated carbocycles. The first-order valence-corrected chi connectivity index (χ1v) is 8.07. The van der Waals surface area contributed by atoms with Gasteiger partial charge in [-0.15, -0.1) is 0 Å². The van der Waals surface area contributed by atoms with Crippen LogP contribution in [0.15, 0.2) is 0 Å². The molecule has 2 atom stereocenters. The quantitative estimate of drug-likeness (QED) is 0.813. The summed E-state index contributed by atoms with van der Waals surface area (Å²) >= 11 is 0. The minimum Gasteiger partial charge on any atom is -0.450 e. The van der Waals surface area contributed by atoms with E-state index >= 15 is 0 Å². The summed E-state index contributed by atoms with van der Waals surface area (Å²) in [5, 5.41) is 3.14. The lowest BCUT2D eigenvalue weighted by Crippen LogP contribution is -2.48. The van der Waals surface area contributed by atoms with Crippen LogP contribution in [-0.4, -0.2) is 49.2 Å². The van der Waals surface area contributed by atoms with Crippen LogP contribution in [0.1, 0.15) is 39.0 Å². The van der Waals surface area contributed by atoms with Crippen LogP contribution < -0.4 is 11.1 Å². The molecule has 6 nitrogen and oxygen atoms in total. The third-order valence-electron chi connectivity index (χ3n) is 4.67. The van der Waals surface area contributed by atoms with Gasteiger partial charge < -0.3 is 20.7 Å². The molecule has 6 heteroatoms. The highest BCUT2D eigenvalue weighted by Gasteiger charge is 2.33. The van der Waals surface area contributed by atoms with E-state index in [1.165, 1.54) is 0 Å². The van der Waals surface area contributed by atoms with E-state index in [9.17, 15) is 9.59 Å². The van der Waals surface area contributed by atoms with Gasteiger partial charge in [-0.2, -0.15) is 0 Å². The van der Waals surface area contributed by atoms with Crippen molar-refractivity contribution in [1.29, 1.82) is 0 Å². The summed E-state index contributed by atoms with van der Waals surface area (Å²) < 4.78 is 4.99. The van der Waals surface area contributed by atoms with Crippen molar-refractivity contribution in [1.82, 2.24) is 10.2 Å². The Labute approximate surface area is 126 Å². The Hall–Kier alpha value is -1.30. The maximum atomic E-state index is 12.3. The molecular weight excluding hydrogens is 270 g/mol. The number of piperidine rings is 1. The third-order valence-corrected chi connectivity index (χ3v) is 4.67. The maximum Gasteiger partial charge on any atom is 0.409 e. The van der Waals surface area contributed by atoms with E-state index in [1.54, 1.807) is 11.8 Å². The summed E-state index contributed by atoms with van der Waals surface area (Å²) in [6.07, 6.45) is 4.46. The topological polar surface area (TPSA) is 84.7 Å². The van der Waals surface area contributed by atoms with E-state index in [0.29, 0.717) is 32.2 Å². The van der Waals surface area contributed by atoms with E-state index in [4.69, 9.17) is 10.5 Å². The summed E-state index contributed by atoms with van der Waals surface area (Å²) in [7, 11) is 0. The van der Waals surface area contributed by atoms with E-state index < -0.39 is 0 Å². The lowest BCUT2D eigenvalue weighted by molar-refractivity contribution is -0.127. The van der Waals surface area contributed by atoms with E-state index in [0.717, 1.165) is 32.1 Å². The zero-order valence-electron chi connectivity index (χ0n) is 12.8. The van der Waals surface area contributed by atoms with Crippen LogP contribution in [0.4, 0.5) is 4.79 Å². The van der Waals surface area contributed by atoms with Gasteiger partial charge in [0.2, 0.25) is 5.91 Å². The van der Waals surface area contributed by atoms with E-state index in [2.05, 4.69) is 5.32 Å². The number of carbonyl (C=O) groups excluding carboxylic acids is 2. The predicted molar refractivity (Wildman–Crippen MR) is 79.6 cm³/mol. The molecule has 1 saturated heterocycles. The van der Waals surface area contributed by atoms with Gasteiger partial charge in [0, 0.05) is 25.0 Å². The molecular formula is C15H27N3O3. The molecule has 2 amide bonds. The summed E-state index contributed by atoms with van der Waals surface area (Å²) in [5.74, 6) is 0.570. The lowest BCUT2D eigenvalue weighted by Gasteiger charge is -2.32. The Balaban J connectivity index is 1.75. The smallest absolute Gasteiger partial charge is 0.409 e. The van der Waals surface area contributed by atoms with E-state index in [1.807, 2.05) is 0 Å². The number of nitrogens with one attached hydrogen (secondary N) is 1. The highest BCUT2D eigenvalue weighted by Crippen LogP contribution is 2.31. The summed E-state index contributed by atoms with van der Waals surface area (Å²) in [6.45, 7) is 4.10. The minimum atomic E-state index is -0.249. The highest BCUT2D eigenvalue weighted by molar-refractivity contribution is 5.79. The van der Waals surface area contributed by atoms with Gasteiger partial charge in [-0.3, -0.25) is 4.79 Å². The number of ether oxygens (including phenoxy) is 1. The fourth-order valence-electron chi connectivity index (χ4n) is 3.39. The van der Waals surface area contributed by atoms with Gasteiger partial charge >= 0.3 is 6.09 Å². The molecule has 0 bridgehead atoms. The molecule has 2 aliphatic rings. The van der Waals surface area contributed by atoms with Gasteiger partial charge in [-0.05, 0) is 45.1 Å². The molecule has 0 aromatic carbocycles. The van der Waals surface area contributed by atoms with Crippen molar-refractivity contribution >= 4 is 12.0 Å². The van der Waals surface area contributed by atoms with Crippen molar-refractivity contribution in [3.05, 3.63) is 0 Å². The zero-order chi connectivity index (χ0) is 15.2. The highest BCUT2D eigenvalue weighted by atomic mass is 16.6. The second-order valence-corrected chi connectivity index (χ2v) is 6.00. The van der Waals surface area contributed by atoms with Crippen molar-refractivity contribution in [2.45, 2.75) is 45.1 Å². The van der Waals surface area contributed by atoms with Gasteiger partial charge in [0.05, 0.1) is 6.61 Å². The van der Waals surface area contributed by atoms with Crippen molar-refractivity contribution < 1.29 is 14.3 Å². The largest absolute Gasteiger partial charge is 0.450 e. The number of hydrogen-bond donors (Lipinski definition) is 2. The molecule has 2 unspecified atom stereocenters. The molecule has 1 aliphatic heterocycles. The molecule has 1 aliphatic carbocycles. The second kappa shape index (κ2) is 7.64. The SMILES string of the molecule is CCOC(=O)N1CCC(NC(=O)C2CCCC2CN)CC1. The van der Waals surface area contributed by atoms with E-state index in [-0.39, 0.29) is 24.0 Å². The molecule has 2 fully saturated rings. The Morgan fingerprint density at radius 1 is 1.24 bits per heavy atom. The molecule has 0 aromatic rings. The van der Waals surface area contributed by atoms with Crippen molar-refractivity contribution in [3.8, 4) is 0 Å². The number of amides is 2. The number of hydrogen-bond acceptors (Lipinski definition) is 4. The fraction of sp³-hybridized carbons (Fsp3) is 0.867. The van der Waals surface area contributed by atoms with Crippen LogP contribution >= 0.6 is 0 Å². The Morgan fingerprint density at radius 2 is 1.95 bits per heavy atom. The van der Waals surface area contributed by atoms with Gasteiger partial charge in [-0.25, -0.2) is 4.79 Å².